The standard InChI is InChI=1S/C15H23BrN2O/c1-3-13-15(16)14(18(2)17-13)10-12(19)9-8-11-6-4-5-7-11/h11H,3-10H2,1-2H3. The van der Waals surface area contributed by atoms with Crippen molar-refractivity contribution in [3.8, 4) is 0 Å². The predicted molar refractivity (Wildman–Crippen MR) is 80.2 cm³/mol. The molecular formula is C15H23BrN2O. The summed E-state index contributed by atoms with van der Waals surface area (Å²) in [6.45, 7) is 2.08. The molecule has 1 aromatic heterocycles. The summed E-state index contributed by atoms with van der Waals surface area (Å²) in [5.74, 6) is 1.14. The van der Waals surface area contributed by atoms with Crippen LogP contribution in [0.3, 0.4) is 0 Å². The molecule has 4 heteroatoms. The lowest BCUT2D eigenvalue weighted by molar-refractivity contribution is -0.118. The smallest absolute Gasteiger partial charge is 0.138 e. The van der Waals surface area contributed by atoms with E-state index in [-0.39, 0.29) is 0 Å². The average Bonchev–Trinajstić information content (AvgIpc) is 2.99. The van der Waals surface area contributed by atoms with Crippen molar-refractivity contribution >= 4 is 21.7 Å². The first kappa shape index (κ1) is 14.8. The van der Waals surface area contributed by atoms with E-state index in [1.165, 1.54) is 25.7 Å². The molecule has 0 amide bonds. The van der Waals surface area contributed by atoms with Gasteiger partial charge in [-0.25, -0.2) is 0 Å². The van der Waals surface area contributed by atoms with Crippen molar-refractivity contribution in [3.05, 3.63) is 15.9 Å². The minimum Gasteiger partial charge on any atom is -0.299 e. The fraction of sp³-hybridized carbons (Fsp3) is 0.733. The number of nitrogens with zero attached hydrogens (tertiary/aromatic N) is 2. The summed E-state index contributed by atoms with van der Waals surface area (Å²) in [5.41, 5.74) is 2.06. The molecule has 0 radical (unpaired) electrons. The molecule has 106 valence electrons. The van der Waals surface area contributed by atoms with Crippen LogP contribution in [-0.4, -0.2) is 15.6 Å². The zero-order valence-electron chi connectivity index (χ0n) is 11.9. The van der Waals surface area contributed by atoms with Gasteiger partial charge < -0.3 is 0 Å². The van der Waals surface area contributed by atoms with E-state index in [9.17, 15) is 4.79 Å². The number of halogens is 1. The highest BCUT2D eigenvalue weighted by molar-refractivity contribution is 9.10. The predicted octanol–water partition coefficient (Wildman–Crippen LogP) is 3.83. The summed E-state index contributed by atoms with van der Waals surface area (Å²) in [5, 5.41) is 4.44. The Bertz CT molecular complexity index is 447. The largest absolute Gasteiger partial charge is 0.299 e. The van der Waals surface area contributed by atoms with E-state index >= 15 is 0 Å². The third kappa shape index (κ3) is 3.68. The molecule has 1 heterocycles. The van der Waals surface area contributed by atoms with Crippen molar-refractivity contribution in [2.24, 2.45) is 13.0 Å². The van der Waals surface area contributed by atoms with Gasteiger partial charge in [-0.1, -0.05) is 32.6 Å². The van der Waals surface area contributed by atoms with Gasteiger partial charge in [0.15, 0.2) is 0 Å². The van der Waals surface area contributed by atoms with Crippen LogP contribution in [-0.2, 0) is 24.7 Å². The number of rotatable bonds is 6. The summed E-state index contributed by atoms with van der Waals surface area (Å²) in [6.07, 6.45) is 8.56. The zero-order chi connectivity index (χ0) is 13.8. The van der Waals surface area contributed by atoms with Crippen LogP contribution in [0, 0.1) is 5.92 Å². The van der Waals surface area contributed by atoms with Crippen LogP contribution in [0.5, 0.6) is 0 Å². The summed E-state index contributed by atoms with van der Waals surface area (Å²) in [4.78, 5) is 12.1. The van der Waals surface area contributed by atoms with E-state index in [1.54, 1.807) is 0 Å². The fourth-order valence-corrected chi connectivity index (χ4v) is 3.71. The van der Waals surface area contributed by atoms with E-state index in [2.05, 4.69) is 28.0 Å². The quantitative estimate of drug-likeness (QED) is 0.796. The second-order valence-electron chi connectivity index (χ2n) is 5.59. The van der Waals surface area contributed by atoms with Gasteiger partial charge in [-0.15, -0.1) is 0 Å². The zero-order valence-corrected chi connectivity index (χ0v) is 13.5. The van der Waals surface area contributed by atoms with Crippen molar-refractivity contribution in [2.75, 3.05) is 0 Å². The van der Waals surface area contributed by atoms with E-state index in [4.69, 9.17) is 0 Å². The number of aromatic nitrogens is 2. The normalized spacial score (nSPS) is 16.2. The topological polar surface area (TPSA) is 34.9 Å². The summed E-state index contributed by atoms with van der Waals surface area (Å²) < 4.78 is 2.86. The molecule has 1 aliphatic carbocycles. The molecule has 0 unspecified atom stereocenters. The Morgan fingerprint density at radius 2 is 2.11 bits per heavy atom. The third-order valence-corrected chi connectivity index (χ3v) is 5.09. The summed E-state index contributed by atoms with van der Waals surface area (Å²) in [7, 11) is 1.92. The van der Waals surface area contributed by atoms with E-state index in [0.717, 1.165) is 41.0 Å². The molecule has 0 saturated heterocycles. The molecule has 0 aliphatic heterocycles. The highest BCUT2D eigenvalue weighted by Gasteiger charge is 2.19. The Labute approximate surface area is 123 Å². The highest BCUT2D eigenvalue weighted by atomic mass is 79.9. The van der Waals surface area contributed by atoms with Crippen LogP contribution in [0.1, 0.15) is 56.8 Å². The molecule has 19 heavy (non-hydrogen) atoms. The number of ketones is 1. The van der Waals surface area contributed by atoms with E-state index in [0.29, 0.717) is 12.2 Å². The molecule has 1 aliphatic rings. The molecule has 1 fully saturated rings. The molecule has 1 aromatic rings. The Kier molecular flexibility index (Phi) is 5.20. The van der Waals surface area contributed by atoms with Gasteiger partial charge in [0.2, 0.25) is 0 Å². The number of hydrogen-bond acceptors (Lipinski definition) is 2. The fourth-order valence-electron chi connectivity index (χ4n) is 2.95. The minimum absolute atomic E-state index is 0.346. The molecule has 0 N–H and O–H groups in total. The Morgan fingerprint density at radius 3 is 2.68 bits per heavy atom. The molecule has 0 atom stereocenters. The van der Waals surface area contributed by atoms with Crippen molar-refractivity contribution in [1.29, 1.82) is 0 Å². The van der Waals surface area contributed by atoms with Gasteiger partial charge in [-0.2, -0.15) is 5.10 Å². The van der Waals surface area contributed by atoms with E-state index in [1.807, 2.05) is 11.7 Å². The van der Waals surface area contributed by atoms with Gasteiger partial charge in [-0.3, -0.25) is 9.48 Å². The van der Waals surface area contributed by atoms with Gasteiger partial charge in [0.1, 0.15) is 5.78 Å². The Morgan fingerprint density at radius 1 is 1.42 bits per heavy atom. The maximum Gasteiger partial charge on any atom is 0.138 e. The van der Waals surface area contributed by atoms with Crippen LogP contribution >= 0.6 is 15.9 Å². The lowest BCUT2D eigenvalue weighted by atomic mass is 9.99. The SMILES string of the molecule is CCc1nn(C)c(CC(=O)CCC2CCCC2)c1Br. The molecule has 0 aromatic carbocycles. The molecule has 3 nitrogen and oxygen atoms in total. The number of aryl methyl sites for hydroxylation is 2. The van der Waals surface area contributed by atoms with Gasteiger partial charge in [-0.05, 0) is 34.7 Å². The number of hydrogen-bond donors (Lipinski definition) is 0. The Balaban J connectivity index is 1.89. The lowest BCUT2D eigenvalue weighted by Gasteiger charge is -2.08. The van der Waals surface area contributed by atoms with Crippen LogP contribution in [0.25, 0.3) is 0 Å². The van der Waals surface area contributed by atoms with Crippen LogP contribution in [0.4, 0.5) is 0 Å². The summed E-state index contributed by atoms with van der Waals surface area (Å²) in [6, 6.07) is 0. The van der Waals surface area contributed by atoms with Crippen molar-refractivity contribution < 1.29 is 4.79 Å². The van der Waals surface area contributed by atoms with Crippen LogP contribution in [0.15, 0.2) is 4.47 Å². The second kappa shape index (κ2) is 6.69. The van der Waals surface area contributed by atoms with E-state index < -0.39 is 0 Å². The minimum atomic E-state index is 0.346. The van der Waals surface area contributed by atoms with Crippen molar-refractivity contribution in [2.45, 2.75) is 58.3 Å². The summed E-state index contributed by atoms with van der Waals surface area (Å²) >= 11 is 3.57. The third-order valence-electron chi connectivity index (χ3n) is 4.17. The molecule has 2 rings (SSSR count). The van der Waals surface area contributed by atoms with Gasteiger partial charge in [0.25, 0.3) is 0 Å². The number of carbonyl (C=O) groups is 1. The number of carbonyl (C=O) groups excluding carboxylic acids is 1. The molecule has 1 saturated carbocycles. The Hall–Kier alpha value is -0.640. The average molecular weight is 327 g/mol. The van der Waals surface area contributed by atoms with Crippen LogP contribution < -0.4 is 0 Å². The first-order valence-electron chi connectivity index (χ1n) is 7.33. The van der Waals surface area contributed by atoms with Gasteiger partial charge in [0.05, 0.1) is 15.9 Å². The molecule has 0 bridgehead atoms. The van der Waals surface area contributed by atoms with Gasteiger partial charge in [0, 0.05) is 19.9 Å². The first-order chi connectivity index (χ1) is 9.11. The lowest BCUT2D eigenvalue weighted by Crippen LogP contribution is -2.09. The van der Waals surface area contributed by atoms with Crippen molar-refractivity contribution in [3.63, 3.8) is 0 Å². The van der Waals surface area contributed by atoms with Crippen molar-refractivity contribution in [1.82, 2.24) is 9.78 Å². The molecular weight excluding hydrogens is 304 g/mol. The van der Waals surface area contributed by atoms with Gasteiger partial charge >= 0.3 is 0 Å². The highest BCUT2D eigenvalue weighted by Crippen LogP contribution is 2.29. The monoisotopic (exact) mass is 326 g/mol. The van der Waals surface area contributed by atoms with Crippen LogP contribution in [0.2, 0.25) is 0 Å². The maximum absolute atomic E-state index is 12.1. The number of Topliss-reactive ketones (excluding diaryl/α,β-unsaturated/α-hetero) is 1. The first-order valence-corrected chi connectivity index (χ1v) is 8.13. The maximum atomic E-state index is 12.1. The second-order valence-corrected chi connectivity index (χ2v) is 6.38. The molecule has 0 spiro atoms.